The molecule has 0 saturated carbocycles. The van der Waals surface area contributed by atoms with E-state index in [2.05, 4.69) is 9.97 Å². The van der Waals surface area contributed by atoms with Gasteiger partial charge in [-0.05, 0) is 43.2 Å². The van der Waals surface area contributed by atoms with Crippen LogP contribution in [0.1, 0.15) is 36.0 Å². The summed E-state index contributed by atoms with van der Waals surface area (Å²) in [5.74, 6) is 0.0776. The first-order valence-corrected chi connectivity index (χ1v) is 10.8. The largest absolute Gasteiger partial charge is 0.339 e. The normalized spacial score (nSPS) is 15.0. The molecule has 6 heteroatoms. The Bertz CT molecular complexity index is 1470. The van der Waals surface area contributed by atoms with E-state index >= 15 is 0 Å². The van der Waals surface area contributed by atoms with E-state index in [4.69, 9.17) is 9.97 Å². The monoisotopic (exact) mass is 407 g/mol. The lowest BCUT2D eigenvalue weighted by Crippen LogP contribution is -2.31. The van der Waals surface area contributed by atoms with Crippen molar-refractivity contribution in [3.05, 3.63) is 60.4 Å². The van der Waals surface area contributed by atoms with Gasteiger partial charge in [-0.25, -0.2) is 9.97 Å². The number of likely N-dealkylation sites (tertiary alicyclic amines) is 1. The fourth-order valence-electron chi connectivity index (χ4n) is 4.60. The average Bonchev–Trinajstić information content (AvgIpc) is 3.12. The van der Waals surface area contributed by atoms with Crippen molar-refractivity contribution < 1.29 is 4.79 Å². The summed E-state index contributed by atoms with van der Waals surface area (Å²) >= 11 is 0. The molecule has 3 aromatic heterocycles. The maximum absolute atomic E-state index is 13.1. The fraction of sp³-hybridized carbons (Fsp3) is 0.240. The van der Waals surface area contributed by atoms with Crippen LogP contribution in [0.2, 0.25) is 0 Å². The third-order valence-corrected chi connectivity index (χ3v) is 6.16. The van der Waals surface area contributed by atoms with Crippen LogP contribution in [0.25, 0.3) is 43.9 Å². The predicted molar refractivity (Wildman–Crippen MR) is 122 cm³/mol. The molecule has 1 fully saturated rings. The zero-order chi connectivity index (χ0) is 20.8. The lowest BCUT2D eigenvalue weighted by Gasteiger charge is -2.20. The van der Waals surface area contributed by atoms with Crippen molar-refractivity contribution in [3.8, 4) is 0 Å². The highest BCUT2D eigenvalue weighted by molar-refractivity contribution is 6.21. The summed E-state index contributed by atoms with van der Waals surface area (Å²) in [4.78, 5) is 34.1. The van der Waals surface area contributed by atoms with Crippen LogP contribution in [-0.2, 0) is 0 Å². The molecule has 0 atom stereocenters. The quantitative estimate of drug-likeness (QED) is 0.292. The summed E-state index contributed by atoms with van der Waals surface area (Å²) < 4.78 is 0. The predicted octanol–water partition coefficient (Wildman–Crippen LogP) is 4.90. The van der Waals surface area contributed by atoms with Gasteiger partial charge >= 0.3 is 0 Å². The number of fused-ring (bicyclic) bond motifs is 7. The van der Waals surface area contributed by atoms with E-state index in [0.717, 1.165) is 58.8 Å². The van der Waals surface area contributed by atoms with Crippen molar-refractivity contribution in [3.63, 3.8) is 0 Å². The van der Waals surface area contributed by atoms with Gasteiger partial charge in [0.05, 0.1) is 22.1 Å². The lowest BCUT2D eigenvalue weighted by molar-refractivity contribution is 0.0762. The van der Waals surface area contributed by atoms with E-state index in [9.17, 15) is 4.79 Å². The van der Waals surface area contributed by atoms with Crippen LogP contribution in [0.15, 0.2) is 54.9 Å². The summed E-state index contributed by atoms with van der Waals surface area (Å²) in [5.41, 5.74) is 5.19. The van der Waals surface area contributed by atoms with E-state index in [1.807, 2.05) is 47.4 Å². The molecule has 1 saturated heterocycles. The van der Waals surface area contributed by atoms with Gasteiger partial charge < -0.3 is 4.90 Å². The first-order valence-electron chi connectivity index (χ1n) is 10.8. The first-order chi connectivity index (χ1) is 15.3. The molecule has 0 N–H and O–H groups in total. The van der Waals surface area contributed by atoms with Gasteiger partial charge in [0.2, 0.25) is 0 Å². The number of rotatable bonds is 1. The molecule has 1 aliphatic heterocycles. The van der Waals surface area contributed by atoms with Crippen molar-refractivity contribution in [1.82, 2.24) is 24.8 Å². The summed E-state index contributed by atoms with van der Waals surface area (Å²) in [7, 11) is 0. The van der Waals surface area contributed by atoms with Gasteiger partial charge in [-0.1, -0.05) is 25.0 Å². The number of hydrogen-bond donors (Lipinski definition) is 0. The second-order valence-electron chi connectivity index (χ2n) is 8.13. The van der Waals surface area contributed by atoms with E-state index in [1.54, 1.807) is 12.4 Å². The van der Waals surface area contributed by atoms with Gasteiger partial charge in [-0.2, -0.15) is 0 Å². The molecular weight excluding hydrogens is 386 g/mol. The Kier molecular flexibility index (Phi) is 4.23. The van der Waals surface area contributed by atoms with Gasteiger partial charge in [0, 0.05) is 41.8 Å². The van der Waals surface area contributed by atoms with Crippen molar-refractivity contribution >= 4 is 49.8 Å². The van der Waals surface area contributed by atoms with Crippen LogP contribution < -0.4 is 0 Å². The Labute approximate surface area is 179 Å². The highest BCUT2D eigenvalue weighted by atomic mass is 16.2. The Morgan fingerprint density at radius 1 is 0.710 bits per heavy atom. The van der Waals surface area contributed by atoms with Crippen LogP contribution in [0.3, 0.4) is 0 Å². The van der Waals surface area contributed by atoms with Gasteiger partial charge in [-0.3, -0.25) is 14.8 Å². The van der Waals surface area contributed by atoms with E-state index in [1.165, 1.54) is 12.8 Å². The molecule has 0 bridgehead atoms. The lowest BCUT2D eigenvalue weighted by atomic mass is 10.1. The van der Waals surface area contributed by atoms with Crippen molar-refractivity contribution in [2.24, 2.45) is 0 Å². The molecule has 0 aliphatic carbocycles. The summed E-state index contributed by atoms with van der Waals surface area (Å²) in [6.07, 6.45) is 8.08. The topological polar surface area (TPSA) is 71.9 Å². The number of pyridine rings is 2. The molecule has 6 rings (SSSR count). The van der Waals surface area contributed by atoms with Crippen LogP contribution in [0.5, 0.6) is 0 Å². The number of carbonyl (C=O) groups is 1. The van der Waals surface area contributed by atoms with Crippen LogP contribution in [0, 0.1) is 0 Å². The Hall–Kier alpha value is -3.67. The van der Waals surface area contributed by atoms with E-state index < -0.39 is 0 Å². The molecule has 6 nitrogen and oxygen atoms in total. The number of carbonyl (C=O) groups excluding carboxylic acids is 1. The highest BCUT2D eigenvalue weighted by Gasteiger charge is 2.19. The molecule has 1 amide bonds. The average molecular weight is 407 g/mol. The van der Waals surface area contributed by atoms with Gasteiger partial charge in [0.25, 0.3) is 5.91 Å². The molecule has 0 radical (unpaired) electrons. The second kappa shape index (κ2) is 7.23. The molecule has 31 heavy (non-hydrogen) atoms. The number of benzene rings is 2. The number of aromatic nitrogens is 4. The smallest absolute Gasteiger partial charge is 0.253 e. The maximum Gasteiger partial charge on any atom is 0.253 e. The van der Waals surface area contributed by atoms with Gasteiger partial charge in [0.1, 0.15) is 11.0 Å². The molecule has 0 spiro atoms. The standard InChI is InChI=1S/C25H21N5O/c31-25(30-13-3-1-2-4-14-30)16-9-10-19-20(15-16)29-24-22-18(8-6-12-27-22)17-7-5-11-26-21(17)23(24)28-19/h5-12,15H,1-4,13-14H2. The van der Waals surface area contributed by atoms with Crippen LogP contribution in [-0.4, -0.2) is 43.8 Å². The Morgan fingerprint density at radius 2 is 1.32 bits per heavy atom. The summed E-state index contributed by atoms with van der Waals surface area (Å²) in [5, 5.41) is 2.02. The van der Waals surface area contributed by atoms with Crippen molar-refractivity contribution in [1.29, 1.82) is 0 Å². The number of nitrogens with zero attached hydrogens (tertiary/aromatic N) is 5. The zero-order valence-corrected chi connectivity index (χ0v) is 17.1. The highest BCUT2D eigenvalue weighted by Crippen LogP contribution is 2.31. The molecule has 0 unspecified atom stereocenters. The summed E-state index contributed by atoms with van der Waals surface area (Å²) in [6, 6.07) is 13.6. The molecule has 4 heterocycles. The molecular formula is C25H21N5O. The van der Waals surface area contributed by atoms with Gasteiger partial charge in [-0.15, -0.1) is 0 Å². The molecule has 2 aromatic carbocycles. The van der Waals surface area contributed by atoms with Gasteiger partial charge in [0.15, 0.2) is 0 Å². The van der Waals surface area contributed by atoms with Crippen LogP contribution >= 0.6 is 0 Å². The third-order valence-electron chi connectivity index (χ3n) is 6.16. The maximum atomic E-state index is 13.1. The molecule has 152 valence electrons. The molecule has 5 aromatic rings. The second-order valence-corrected chi connectivity index (χ2v) is 8.13. The fourth-order valence-corrected chi connectivity index (χ4v) is 4.60. The third kappa shape index (κ3) is 2.98. The zero-order valence-electron chi connectivity index (χ0n) is 17.1. The Balaban J connectivity index is 1.57. The Morgan fingerprint density at radius 3 is 1.97 bits per heavy atom. The number of hydrogen-bond acceptors (Lipinski definition) is 5. The van der Waals surface area contributed by atoms with Crippen molar-refractivity contribution in [2.75, 3.05) is 13.1 Å². The van der Waals surface area contributed by atoms with E-state index in [0.29, 0.717) is 16.6 Å². The van der Waals surface area contributed by atoms with E-state index in [-0.39, 0.29) is 5.91 Å². The SMILES string of the molecule is O=C(c1ccc2nc3c4ncccc4c4cccnc4c3nc2c1)N1CCCCCC1. The minimum atomic E-state index is 0.0776. The van der Waals surface area contributed by atoms with Crippen LogP contribution in [0.4, 0.5) is 0 Å². The van der Waals surface area contributed by atoms with Crippen molar-refractivity contribution in [2.45, 2.75) is 25.7 Å². The minimum Gasteiger partial charge on any atom is -0.339 e. The minimum absolute atomic E-state index is 0.0776. The number of amides is 1. The summed E-state index contributed by atoms with van der Waals surface area (Å²) in [6.45, 7) is 1.65. The molecule has 1 aliphatic rings. The first kappa shape index (κ1) is 18.1.